The molecule has 2 unspecified atom stereocenters. The van der Waals surface area contributed by atoms with Crippen molar-refractivity contribution >= 4 is 11.6 Å². The molecule has 5 heteroatoms. The largest absolute Gasteiger partial charge is 0.465 e. The molecule has 0 spiro atoms. The quantitative estimate of drug-likeness (QED) is 0.904. The molecule has 1 aromatic carbocycles. The summed E-state index contributed by atoms with van der Waals surface area (Å²) in [6.07, 6.45) is 0. The van der Waals surface area contributed by atoms with Crippen molar-refractivity contribution in [1.82, 2.24) is 5.32 Å². The number of aryl methyl sites for hydroxylation is 1. The number of hydrogen-bond acceptors (Lipinski definition) is 3. The topological polar surface area (TPSA) is 54.3 Å². The Hall–Kier alpha value is -2.14. The lowest BCUT2D eigenvalue weighted by Gasteiger charge is -2.16. The Morgan fingerprint density at radius 3 is 2.85 bits per heavy atom. The second-order valence-corrected chi connectivity index (χ2v) is 4.99. The van der Waals surface area contributed by atoms with Gasteiger partial charge in [0.2, 0.25) is 5.91 Å². The van der Waals surface area contributed by atoms with Crippen LogP contribution in [0.4, 0.5) is 10.1 Å². The molecule has 0 aliphatic carbocycles. The molecule has 4 nitrogen and oxygen atoms in total. The van der Waals surface area contributed by atoms with Crippen LogP contribution in [0.1, 0.15) is 36.1 Å². The van der Waals surface area contributed by atoms with Crippen LogP contribution in [0.3, 0.4) is 0 Å². The van der Waals surface area contributed by atoms with Gasteiger partial charge in [-0.15, -0.1) is 0 Å². The first kappa shape index (κ1) is 12.9. The van der Waals surface area contributed by atoms with Crippen molar-refractivity contribution < 1.29 is 13.6 Å². The smallest absolute Gasteiger partial charge is 0.246 e. The Morgan fingerprint density at radius 1 is 1.35 bits per heavy atom. The number of rotatable bonds is 3. The number of fused-ring (bicyclic) bond motifs is 1. The summed E-state index contributed by atoms with van der Waals surface area (Å²) in [5, 5.41) is 5.88. The van der Waals surface area contributed by atoms with E-state index < -0.39 is 6.04 Å². The van der Waals surface area contributed by atoms with Gasteiger partial charge < -0.3 is 9.73 Å². The summed E-state index contributed by atoms with van der Waals surface area (Å²) in [7, 11) is 0. The number of anilines is 1. The molecule has 2 atom stereocenters. The van der Waals surface area contributed by atoms with Gasteiger partial charge in [-0.05, 0) is 38.1 Å². The molecule has 1 amide bonds. The Bertz CT molecular complexity index is 666. The summed E-state index contributed by atoms with van der Waals surface area (Å²) < 4.78 is 18.7. The SMILES string of the molecule is Cc1ccc(C(C)NC2C(=O)Nc3cc(F)ccc32)o1. The maximum atomic E-state index is 13.2. The molecule has 1 aromatic heterocycles. The predicted molar refractivity (Wildman–Crippen MR) is 72.8 cm³/mol. The average molecular weight is 274 g/mol. The monoisotopic (exact) mass is 274 g/mol. The number of benzene rings is 1. The van der Waals surface area contributed by atoms with Crippen molar-refractivity contribution in [3.05, 3.63) is 53.2 Å². The van der Waals surface area contributed by atoms with E-state index in [0.29, 0.717) is 5.69 Å². The van der Waals surface area contributed by atoms with Gasteiger partial charge in [0, 0.05) is 11.3 Å². The number of carbonyl (C=O) groups is 1. The van der Waals surface area contributed by atoms with Gasteiger partial charge in [0.15, 0.2) is 0 Å². The van der Waals surface area contributed by atoms with E-state index in [0.717, 1.165) is 17.1 Å². The fourth-order valence-electron chi connectivity index (χ4n) is 2.42. The van der Waals surface area contributed by atoms with Gasteiger partial charge in [-0.25, -0.2) is 4.39 Å². The van der Waals surface area contributed by atoms with Crippen molar-refractivity contribution in [2.45, 2.75) is 25.9 Å². The molecule has 0 fully saturated rings. The minimum absolute atomic E-state index is 0.115. The van der Waals surface area contributed by atoms with Gasteiger partial charge in [0.25, 0.3) is 0 Å². The van der Waals surface area contributed by atoms with E-state index in [4.69, 9.17) is 4.42 Å². The van der Waals surface area contributed by atoms with Crippen LogP contribution in [0.25, 0.3) is 0 Å². The molecule has 20 heavy (non-hydrogen) atoms. The van der Waals surface area contributed by atoms with Gasteiger partial charge in [-0.3, -0.25) is 10.1 Å². The first-order chi connectivity index (χ1) is 9.54. The van der Waals surface area contributed by atoms with E-state index in [1.807, 2.05) is 26.0 Å². The van der Waals surface area contributed by atoms with Crippen LogP contribution in [0.2, 0.25) is 0 Å². The number of nitrogens with one attached hydrogen (secondary N) is 2. The summed E-state index contributed by atoms with van der Waals surface area (Å²) in [4.78, 5) is 12.0. The molecule has 104 valence electrons. The summed E-state index contributed by atoms with van der Waals surface area (Å²) in [5.74, 6) is 1.05. The third kappa shape index (κ3) is 2.20. The fraction of sp³-hybridized carbons (Fsp3) is 0.267. The van der Waals surface area contributed by atoms with Crippen molar-refractivity contribution in [2.75, 3.05) is 5.32 Å². The predicted octanol–water partition coefficient (Wildman–Crippen LogP) is 3.07. The summed E-state index contributed by atoms with van der Waals surface area (Å²) in [6, 6.07) is 7.46. The van der Waals surface area contributed by atoms with Crippen molar-refractivity contribution in [2.24, 2.45) is 0 Å². The zero-order valence-corrected chi connectivity index (χ0v) is 11.2. The van der Waals surface area contributed by atoms with Crippen molar-refractivity contribution in [3.63, 3.8) is 0 Å². The van der Waals surface area contributed by atoms with Gasteiger partial charge in [0.05, 0.1) is 6.04 Å². The zero-order valence-electron chi connectivity index (χ0n) is 11.2. The second kappa shape index (κ2) is 4.76. The molecule has 0 saturated heterocycles. The maximum absolute atomic E-state index is 13.2. The first-order valence-electron chi connectivity index (χ1n) is 6.47. The van der Waals surface area contributed by atoms with E-state index in [9.17, 15) is 9.18 Å². The van der Waals surface area contributed by atoms with Gasteiger partial charge >= 0.3 is 0 Å². The van der Waals surface area contributed by atoms with E-state index in [1.165, 1.54) is 12.1 Å². The Labute approximate surface area is 116 Å². The number of furan rings is 1. The third-order valence-electron chi connectivity index (χ3n) is 3.45. The average Bonchev–Trinajstić information content (AvgIpc) is 2.94. The normalized spacial score (nSPS) is 18.8. The number of halogens is 1. The van der Waals surface area contributed by atoms with Crippen LogP contribution in [-0.2, 0) is 4.79 Å². The standard InChI is InChI=1S/C15H15FN2O2/c1-8-3-6-13(20-8)9(2)17-14-11-5-4-10(16)7-12(11)18-15(14)19/h3-7,9,14,17H,1-2H3,(H,18,19). The van der Waals surface area contributed by atoms with Gasteiger partial charge in [-0.1, -0.05) is 6.07 Å². The highest BCUT2D eigenvalue weighted by atomic mass is 19.1. The van der Waals surface area contributed by atoms with Gasteiger partial charge in [0.1, 0.15) is 23.4 Å². The maximum Gasteiger partial charge on any atom is 0.246 e. The molecular weight excluding hydrogens is 259 g/mol. The summed E-state index contributed by atoms with van der Waals surface area (Å²) in [6.45, 7) is 3.80. The zero-order chi connectivity index (χ0) is 14.3. The summed E-state index contributed by atoms with van der Waals surface area (Å²) >= 11 is 0. The van der Waals surface area contributed by atoms with Crippen molar-refractivity contribution in [1.29, 1.82) is 0 Å². The molecule has 1 aliphatic rings. The molecule has 0 bridgehead atoms. The molecular formula is C15H15FN2O2. The molecule has 1 aliphatic heterocycles. The van der Waals surface area contributed by atoms with E-state index in [1.54, 1.807) is 6.07 Å². The lowest BCUT2D eigenvalue weighted by Crippen LogP contribution is -2.29. The highest BCUT2D eigenvalue weighted by Crippen LogP contribution is 2.33. The van der Waals surface area contributed by atoms with E-state index in [-0.39, 0.29) is 17.8 Å². The van der Waals surface area contributed by atoms with Crippen LogP contribution in [-0.4, -0.2) is 5.91 Å². The Kier molecular flexibility index (Phi) is 3.06. The number of amides is 1. The highest BCUT2D eigenvalue weighted by molar-refractivity contribution is 6.02. The number of carbonyl (C=O) groups excluding carboxylic acids is 1. The molecule has 2 aromatic rings. The third-order valence-corrected chi connectivity index (χ3v) is 3.45. The molecule has 0 saturated carbocycles. The Balaban J connectivity index is 1.83. The highest BCUT2D eigenvalue weighted by Gasteiger charge is 2.32. The lowest BCUT2D eigenvalue weighted by molar-refractivity contribution is -0.117. The van der Waals surface area contributed by atoms with Crippen molar-refractivity contribution in [3.8, 4) is 0 Å². The molecule has 3 rings (SSSR count). The fourth-order valence-corrected chi connectivity index (χ4v) is 2.42. The van der Waals surface area contributed by atoms with Crippen LogP contribution in [0.15, 0.2) is 34.7 Å². The van der Waals surface area contributed by atoms with E-state index >= 15 is 0 Å². The molecule has 2 N–H and O–H groups in total. The van der Waals surface area contributed by atoms with E-state index in [2.05, 4.69) is 10.6 Å². The summed E-state index contributed by atoms with van der Waals surface area (Å²) in [5.41, 5.74) is 1.28. The van der Waals surface area contributed by atoms with Crippen LogP contribution >= 0.6 is 0 Å². The van der Waals surface area contributed by atoms with Crippen LogP contribution in [0.5, 0.6) is 0 Å². The van der Waals surface area contributed by atoms with Crippen LogP contribution < -0.4 is 10.6 Å². The minimum atomic E-state index is -0.494. The Morgan fingerprint density at radius 2 is 2.15 bits per heavy atom. The second-order valence-electron chi connectivity index (χ2n) is 4.99. The van der Waals surface area contributed by atoms with Gasteiger partial charge in [-0.2, -0.15) is 0 Å². The number of hydrogen-bond donors (Lipinski definition) is 2. The minimum Gasteiger partial charge on any atom is -0.465 e. The lowest BCUT2D eigenvalue weighted by atomic mass is 10.1. The first-order valence-corrected chi connectivity index (χ1v) is 6.47. The molecule has 2 heterocycles. The van der Waals surface area contributed by atoms with Crippen LogP contribution in [0, 0.1) is 12.7 Å². The molecule has 0 radical (unpaired) electrons.